The van der Waals surface area contributed by atoms with Gasteiger partial charge in [0.15, 0.2) is 5.65 Å². The van der Waals surface area contributed by atoms with Crippen LogP contribution in [-0.4, -0.2) is 40.2 Å². The molecule has 25 heavy (non-hydrogen) atoms. The van der Waals surface area contributed by atoms with Crippen LogP contribution < -0.4 is 16.0 Å². The van der Waals surface area contributed by atoms with Gasteiger partial charge < -0.3 is 25.5 Å². The summed E-state index contributed by atoms with van der Waals surface area (Å²) < 4.78 is 2.08. The largest absolute Gasteiger partial charge is 0.394 e. The van der Waals surface area contributed by atoms with E-state index < -0.39 is 0 Å². The molecule has 0 spiro atoms. The summed E-state index contributed by atoms with van der Waals surface area (Å²) in [7, 11) is 0. The number of hydrogen-bond donors (Lipinski definition) is 4. The predicted octanol–water partition coefficient (Wildman–Crippen LogP) is 2.53. The molecule has 3 rings (SSSR count). The number of anilines is 2. The average Bonchev–Trinajstić information content (AvgIpc) is 2.99. The molecule has 2 aromatic heterocycles. The van der Waals surface area contributed by atoms with E-state index in [9.17, 15) is 5.11 Å². The van der Waals surface area contributed by atoms with Crippen LogP contribution in [0.15, 0.2) is 42.4 Å². The van der Waals surface area contributed by atoms with Crippen molar-refractivity contribution in [2.75, 3.05) is 30.3 Å². The van der Waals surface area contributed by atoms with Crippen LogP contribution >= 0.6 is 0 Å². The highest BCUT2D eigenvalue weighted by molar-refractivity contribution is 5.73. The van der Waals surface area contributed by atoms with Crippen LogP contribution in [0, 0.1) is 12.8 Å². The van der Waals surface area contributed by atoms with E-state index >= 15 is 0 Å². The van der Waals surface area contributed by atoms with Crippen molar-refractivity contribution in [2.45, 2.75) is 26.8 Å². The lowest BCUT2D eigenvalue weighted by Crippen LogP contribution is -2.29. The fourth-order valence-electron chi connectivity index (χ4n) is 2.88. The summed E-state index contributed by atoms with van der Waals surface area (Å²) in [6, 6.07) is 2.09. The smallest absolute Gasteiger partial charge is 0.160 e. The average molecular weight is 341 g/mol. The van der Waals surface area contributed by atoms with E-state index in [2.05, 4.69) is 51.3 Å². The van der Waals surface area contributed by atoms with Crippen LogP contribution in [0.4, 0.5) is 11.4 Å². The quantitative estimate of drug-likeness (QED) is 0.623. The molecule has 1 aliphatic heterocycles. The second kappa shape index (κ2) is 7.61. The summed E-state index contributed by atoms with van der Waals surface area (Å²) >= 11 is 0. The van der Waals surface area contributed by atoms with E-state index in [-0.39, 0.29) is 12.6 Å². The minimum absolute atomic E-state index is 0.0181. The first-order chi connectivity index (χ1) is 12.1. The second-order valence-corrected chi connectivity index (χ2v) is 6.83. The molecule has 0 amide bonds. The maximum atomic E-state index is 9.61. The highest BCUT2D eigenvalue weighted by Crippen LogP contribution is 2.24. The molecule has 0 radical (unpaired) electrons. The number of aliphatic hydroxyl groups excluding tert-OH is 1. The van der Waals surface area contributed by atoms with Gasteiger partial charge in [0, 0.05) is 31.2 Å². The maximum Gasteiger partial charge on any atom is 0.160 e. The summed E-state index contributed by atoms with van der Waals surface area (Å²) in [6.07, 6.45) is 10.0. The van der Waals surface area contributed by atoms with Crippen molar-refractivity contribution in [3.63, 3.8) is 0 Å². The fourth-order valence-corrected chi connectivity index (χ4v) is 2.88. The van der Waals surface area contributed by atoms with Gasteiger partial charge in [-0.3, -0.25) is 0 Å². The van der Waals surface area contributed by atoms with E-state index in [1.807, 2.05) is 31.6 Å². The van der Waals surface area contributed by atoms with Gasteiger partial charge in [0.1, 0.15) is 0 Å². The Balaban J connectivity index is 1.87. The number of hydrogen-bond acceptors (Lipinski definition) is 5. The zero-order chi connectivity index (χ0) is 17.8. The van der Waals surface area contributed by atoms with Crippen molar-refractivity contribution in [2.24, 2.45) is 5.92 Å². The predicted molar refractivity (Wildman–Crippen MR) is 103 cm³/mol. The number of nitrogens with one attached hydrogen (secondary N) is 3. The van der Waals surface area contributed by atoms with E-state index in [4.69, 9.17) is 0 Å². The van der Waals surface area contributed by atoms with Gasteiger partial charge in [0.25, 0.3) is 0 Å². The Morgan fingerprint density at radius 3 is 2.92 bits per heavy atom. The van der Waals surface area contributed by atoms with Crippen molar-refractivity contribution < 1.29 is 5.11 Å². The van der Waals surface area contributed by atoms with Gasteiger partial charge in [-0.25, -0.2) is 4.98 Å². The molecule has 0 bridgehead atoms. The number of aromatic nitrogens is 2. The number of pyridine rings is 1. The molecule has 1 atom stereocenters. The summed E-state index contributed by atoms with van der Waals surface area (Å²) in [5.74, 6) is 0.339. The molecular formula is C19H27N5O. The van der Waals surface area contributed by atoms with Crippen molar-refractivity contribution >= 4 is 17.0 Å². The van der Waals surface area contributed by atoms with Gasteiger partial charge in [-0.05, 0) is 36.8 Å². The molecule has 4 N–H and O–H groups in total. The van der Waals surface area contributed by atoms with E-state index in [0.29, 0.717) is 5.92 Å². The van der Waals surface area contributed by atoms with Gasteiger partial charge in [0.05, 0.1) is 24.0 Å². The lowest BCUT2D eigenvalue weighted by molar-refractivity contribution is 0.249. The molecule has 6 heteroatoms. The van der Waals surface area contributed by atoms with Crippen LogP contribution in [0.2, 0.25) is 0 Å². The van der Waals surface area contributed by atoms with Crippen LogP contribution in [0.5, 0.6) is 0 Å². The van der Waals surface area contributed by atoms with Gasteiger partial charge in [0.2, 0.25) is 0 Å². The molecule has 0 saturated heterocycles. The summed E-state index contributed by atoms with van der Waals surface area (Å²) in [4.78, 5) is 4.53. The number of rotatable bonds is 7. The maximum absolute atomic E-state index is 9.61. The van der Waals surface area contributed by atoms with Crippen LogP contribution in [0.1, 0.15) is 19.5 Å². The number of nitrogens with zero attached hydrogens (tertiary/aromatic N) is 2. The van der Waals surface area contributed by atoms with Gasteiger partial charge in [-0.15, -0.1) is 0 Å². The SMILES string of the molecule is Cc1cnc2c(NCC3=CC=CNC3)cc(N[C@@H](CO)C(C)C)cn12. The standard InChI is InChI=1S/C19H27N5O/c1-13(2)18(12-25)23-16-7-17(19-22-8-14(3)24(19)11-16)21-10-15-5-4-6-20-9-15/h4-8,11,13,18,20-21,23,25H,9-10,12H2,1-3H3/t18-/m0/s1. The molecule has 3 heterocycles. The molecule has 6 nitrogen and oxygen atoms in total. The Labute approximate surface area is 148 Å². The van der Waals surface area contributed by atoms with E-state index in [0.717, 1.165) is 35.8 Å². The summed E-state index contributed by atoms with van der Waals surface area (Å²) in [5.41, 5.74) is 5.23. The molecule has 0 fully saturated rings. The Morgan fingerprint density at radius 2 is 2.24 bits per heavy atom. The first-order valence-corrected chi connectivity index (χ1v) is 8.75. The monoisotopic (exact) mass is 341 g/mol. The number of imidazole rings is 1. The minimum atomic E-state index is 0.0181. The Kier molecular flexibility index (Phi) is 5.28. The second-order valence-electron chi connectivity index (χ2n) is 6.83. The zero-order valence-electron chi connectivity index (χ0n) is 15.1. The van der Waals surface area contributed by atoms with Crippen molar-refractivity contribution in [3.05, 3.63) is 48.1 Å². The molecular weight excluding hydrogens is 314 g/mol. The third-order valence-corrected chi connectivity index (χ3v) is 4.53. The number of aryl methyl sites for hydroxylation is 1. The zero-order valence-corrected chi connectivity index (χ0v) is 15.1. The van der Waals surface area contributed by atoms with E-state index in [1.54, 1.807) is 0 Å². The van der Waals surface area contributed by atoms with E-state index in [1.165, 1.54) is 5.57 Å². The molecule has 134 valence electrons. The lowest BCUT2D eigenvalue weighted by Gasteiger charge is -2.22. The molecule has 0 saturated carbocycles. The van der Waals surface area contributed by atoms with Crippen molar-refractivity contribution in [1.29, 1.82) is 0 Å². The number of fused-ring (bicyclic) bond motifs is 1. The lowest BCUT2D eigenvalue weighted by atomic mass is 10.1. The molecule has 0 aromatic carbocycles. The van der Waals surface area contributed by atoms with Crippen molar-refractivity contribution in [1.82, 2.24) is 14.7 Å². The third-order valence-electron chi connectivity index (χ3n) is 4.53. The fraction of sp³-hybridized carbons (Fsp3) is 0.421. The molecule has 0 unspecified atom stereocenters. The first-order valence-electron chi connectivity index (χ1n) is 8.75. The van der Waals surface area contributed by atoms with Crippen LogP contribution in [0.25, 0.3) is 5.65 Å². The number of allylic oxidation sites excluding steroid dienone is 2. The van der Waals surface area contributed by atoms with Crippen molar-refractivity contribution in [3.8, 4) is 0 Å². The van der Waals surface area contributed by atoms with Crippen LogP contribution in [-0.2, 0) is 0 Å². The first kappa shape index (κ1) is 17.4. The normalized spacial score (nSPS) is 15.2. The van der Waals surface area contributed by atoms with Gasteiger partial charge >= 0.3 is 0 Å². The number of dihydropyridines is 1. The molecule has 0 aliphatic carbocycles. The Morgan fingerprint density at radius 1 is 1.40 bits per heavy atom. The highest BCUT2D eigenvalue weighted by atomic mass is 16.3. The topological polar surface area (TPSA) is 73.6 Å². The van der Waals surface area contributed by atoms with Gasteiger partial charge in [-0.1, -0.05) is 19.9 Å². The summed E-state index contributed by atoms with van der Waals surface area (Å²) in [6.45, 7) is 7.96. The van der Waals surface area contributed by atoms with Gasteiger partial charge in [-0.2, -0.15) is 0 Å². The Bertz CT molecular complexity index is 790. The third kappa shape index (κ3) is 3.96. The minimum Gasteiger partial charge on any atom is -0.394 e. The van der Waals surface area contributed by atoms with Crippen LogP contribution in [0.3, 0.4) is 0 Å². The molecule has 2 aromatic rings. The highest BCUT2D eigenvalue weighted by Gasteiger charge is 2.14. The summed E-state index contributed by atoms with van der Waals surface area (Å²) in [5, 5.41) is 19.8. The molecule has 1 aliphatic rings. The Hall–Kier alpha value is -2.47. The number of aliphatic hydroxyl groups is 1.